The van der Waals surface area contributed by atoms with Gasteiger partial charge in [0.1, 0.15) is 11.5 Å². The van der Waals surface area contributed by atoms with Crippen LogP contribution in [0, 0.1) is 0 Å². The van der Waals surface area contributed by atoms with Gasteiger partial charge in [-0.05, 0) is 12.0 Å². The molecule has 0 aliphatic rings. The summed E-state index contributed by atoms with van der Waals surface area (Å²) < 4.78 is 1.85. The van der Waals surface area contributed by atoms with Crippen LogP contribution < -0.4 is 5.73 Å². The van der Waals surface area contributed by atoms with Gasteiger partial charge in [0.15, 0.2) is 0 Å². The van der Waals surface area contributed by atoms with E-state index in [1.165, 1.54) is 0 Å². The topological polar surface area (TPSA) is 43.3 Å². The van der Waals surface area contributed by atoms with Gasteiger partial charge in [0.05, 0.1) is 5.69 Å². The monoisotopic (exact) mass is 209 g/mol. The van der Waals surface area contributed by atoms with Gasteiger partial charge < -0.3 is 5.73 Å². The maximum atomic E-state index is 5.95. The summed E-state index contributed by atoms with van der Waals surface area (Å²) in [6.07, 6.45) is 1.84. The van der Waals surface area contributed by atoms with Crippen LogP contribution >= 0.6 is 11.6 Å². The fourth-order valence-electron chi connectivity index (χ4n) is 1.48. The molecule has 0 radical (unpaired) electrons. The third-order valence-corrected chi connectivity index (χ3v) is 2.44. The van der Waals surface area contributed by atoms with E-state index < -0.39 is 0 Å². The summed E-state index contributed by atoms with van der Waals surface area (Å²) in [4.78, 5) is 4.43. The van der Waals surface area contributed by atoms with Crippen molar-refractivity contribution in [3.63, 3.8) is 0 Å². The van der Waals surface area contributed by atoms with Crippen LogP contribution in [-0.4, -0.2) is 9.38 Å². The highest BCUT2D eigenvalue weighted by molar-refractivity contribution is 6.30. The number of rotatable bonds is 1. The fourth-order valence-corrected chi connectivity index (χ4v) is 1.64. The second-order valence-electron chi connectivity index (χ2n) is 3.61. The molecule has 0 spiro atoms. The van der Waals surface area contributed by atoms with E-state index in [4.69, 9.17) is 17.3 Å². The molecule has 0 aromatic carbocycles. The lowest BCUT2D eigenvalue weighted by molar-refractivity contribution is 0.838. The molecule has 74 valence electrons. The number of aromatic nitrogens is 2. The Hall–Kier alpha value is -1.22. The summed E-state index contributed by atoms with van der Waals surface area (Å²) in [5.74, 6) is 1.03. The van der Waals surface area contributed by atoms with Gasteiger partial charge in [0, 0.05) is 17.3 Å². The molecule has 14 heavy (non-hydrogen) atoms. The van der Waals surface area contributed by atoms with E-state index in [9.17, 15) is 0 Å². The van der Waals surface area contributed by atoms with Crippen molar-refractivity contribution in [2.75, 3.05) is 5.73 Å². The van der Waals surface area contributed by atoms with E-state index in [0.29, 0.717) is 16.8 Å². The lowest BCUT2D eigenvalue weighted by Crippen LogP contribution is -1.97. The largest absolute Gasteiger partial charge is 0.383 e. The molecule has 0 aliphatic heterocycles. The van der Waals surface area contributed by atoms with Crippen LogP contribution in [0.2, 0.25) is 5.02 Å². The summed E-state index contributed by atoms with van der Waals surface area (Å²) >= 11 is 5.87. The van der Waals surface area contributed by atoms with Crippen molar-refractivity contribution in [2.24, 2.45) is 0 Å². The average molecular weight is 210 g/mol. The quantitative estimate of drug-likeness (QED) is 0.785. The molecular weight excluding hydrogens is 198 g/mol. The predicted octanol–water partition coefficient (Wildman–Crippen LogP) is 2.69. The number of hydrogen-bond donors (Lipinski definition) is 1. The highest BCUT2D eigenvalue weighted by Crippen LogP contribution is 2.23. The minimum Gasteiger partial charge on any atom is -0.383 e. The Morgan fingerprint density at radius 2 is 2.21 bits per heavy atom. The number of hydrogen-bond acceptors (Lipinski definition) is 2. The van der Waals surface area contributed by atoms with Crippen LogP contribution in [0.5, 0.6) is 0 Å². The van der Waals surface area contributed by atoms with E-state index in [-0.39, 0.29) is 0 Å². The van der Waals surface area contributed by atoms with Gasteiger partial charge in [-0.3, -0.25) is 4.40 Å². The maximum absolute atomic E-state index is 5.95. The molecule has 0 aliphatic carbocycles. The Morgan fingerprint density at radius 3 is 2.86 bits per heavy atom. The lowest BCUT2D eigenvalue weighted by atomic mass is 10.1. The van der Waals surface area contributed by atoms with E-state index in [1.807, 2.05) is 16.7 Å². The number of fused-ring (bicyclic) bond motifs is 1. The first-order valence-corrected chi connectivity index (χ1v) is 4.90. The van der Waals surface area contributed by atoms with Crippen molar-refractivity contribution < 1.29 is 0 Å². The van der Waals surface area contributed by atoms with Crippen LogP contribution in [-0.2, 0) is 0 Å². The Balaban J connectivity index is 2.73. The standard InChI is InChI=1S/C10H12ClN3/c1-6(2)9-10(12)14-4-3-7(11)5-8(14)13-9/h3-6H,12H2,1-2H3. The Kier molecular flexibility index (Phi) is 2.11. The van der Waals surface area contributed by atoms with Crippen LogP contribution in [0.1, 0.15) is 25.5 Å². The van der Waals surface area contributed by atoms with Crippen LogP contribution in [0.15, 0.2) is 18.3 Å². The molecule has 0 atom stereocenters. The zero-order valence-electron chi connectivity index (χ0n) is 8.16. The van der Waals surface area contributed by atoms with Crippen molar-refractivity contribution in [3.05, 3.63) is 29.0 Å². The first-order valence-electron chi connectivity index (χ1n) is 4.52. The van der Waals surface area contributed by atoms with Crippen LogP contribution in [0.4, 0.5) is 5.82 Å². The van der Waals surface area contributed by atoms with Gasteiger partial charge in [0.2, 0.25) is 0 Å². The summed E-state index contributed by atoms with van der Waals surface area (Å²) in [5.41, 5.74) is 7.68. The van der Waals surface area contributed by atoms with Crippen molar-refractivity contribution in [1.29, 1.82) is 0 Å². The molecule has 0 saturated carbocycles. The van der Waals surface area contributed by atoms with Gasteiger partial charge in [-0.25, -0.2) is 4.98 Å². The fraction of sp³-hybridized carbons (Fsp3) is 0.300. The molecule has 2 heterocycles. The average Bonchev–Trinajstić information content (AvgIpc) is 2.43. The number of imidazole rings is 1. The third kappa shape index (κ3) is 1.34. The number of anilines is 1. The molecule has 0 bridgehead atoms. The van der Waals surface area contributed by atoms with Gasteiger partial charge in [-0.1, -0.05) is 25.4 Å². The van der Waals surface area contributed by atoms with E-state index in [1.54, 1.807) is 6.07 Å². The SMILES string of the molecule is CC(C)c1nc2cc(Cl)ccn2c1N. The number of halogens is 1. The third-order valence-electron chi connectivity index (χ3n) is 2.20. The van der Waals surface area contributed by atoms with Crippen molar-refractivity contribution in [3.8, 4) is 0 Å². The minimum absolute atomic E-state index is 0.327. The number of nitrogens with zero attached hydrogens (tertiary/aromatic N) is 2. The smallest absolute Gasteiger partial charge is 0.140 e. The van der Waals surface area contributed by atoms with Crippen molar-refractivity contribution >= 4 is 23.1 Å². The lowest BCUT2D eigenvalue weighted by Gasteiger charge is -2.00. The summed E-state index contributed by atoms with van der Waals surface area (Å²) in [5, 5.41) is 0.679. The highest BCUT2D eigenvalue weighted by Gasteiger charge is 2.11. The molecule has 0 unspecified atom stereocenters. The zero-order valence-corrected chi connectivity index (χ0v) is 8.92. The summed E-state index contributed by atoms with van der Waals surface area (Å²) in [7, 11) is 0. The zero-order chi connectivity index (χ0) is 10.3. The number of nitrogen functional groups attached to an aromatic ring is 1. The van der Waals surface area contributed by atoms with Crippen molar-refractivity contribution in [1.82, 2.24) is 9.38 Å². The molecule has 0 amide bonds. The number of nitrogens with two attached hydrogens (primary N) is 1. The first-order chi connectivity index (χ1) is 6.59. The van der Waals surface area contributed by atoms with Crippen molar-refractivity contribution in [2.45, 2.75) is 19.8 Å². The van der Waals surface area contributed by atoms with Crippen LogP contribution in [0.25, 0.3) is 5.65 Å². The van der Waals surface area contributed by atoms with Gasteiger partial charge >= 0.3 is 0 Å². The molecule has 2 aromatic rings. The Morgan fingerprint density at radius 1 is 1.50 bits per heavy atom. The number of pyridine rings is 1. The molecule has 3 nitrogen and oxygen atoms in total. The van der Waals surface area contributed by atoms with Gasteiger partial charge in [0.25, 0.3) is 0 Å². The molecule has 4 heteroatoms. The Bertz CT molecular complexity index is 473. The van der Waals surface area contributed by atoms with Gasteiger partial charge in [-0.15, -0.1) is 0 Å². The normalized spacial score (nSPS) is 11.4. The van der Waals surface area contributed by atoms with E-state index in [2.05, 4.69) is 18.8 Å². The van der Waals surface area contributed by atoms with Gasteiger partial charge in [-0.2, -0.15) is 0 Å². The summed E-state index contributed by atoms with van der Waals surface area (Å²) in [6, 6.07) is 3.61. The molecule has 0 saturated heterocycles. The molecule has 2 aromatic heterocycles. The predicted molar refractivity (Wildman–Crippen MR) is 58.7 cm³/mol. The van der Waals surface area contributed by atoms with E-state index >= 15 is 0 Å². The van der Waals surface area contributed by atoms with Crippen LogP contribution in [0.3, 0.4) is 0 Å². The van der Waals surface area contributed by atoms with E-state index in [0.717, 1.165) is 11.3 Å². The molecule has 2 N–H and O–H groups in total. The first kappa shape index (κ1) is 9.34. The molecule has 2 rings (SSSR count). The maximum Gasteiger partial charge on any atom is 0.140 e. The highest BCUT2D eigenvalue weighted by atomic mass is 35.5. The summed E-state index contributed by atoms with van der Waals surface area (Å²) in [6.45, 7) is 4.14. The second kappa shape index (κ2) is 3.17. The molecular formula is C10H12ClN3. The second-order valence-corrected chi connectivity index (χ2v) is 4.05. The minimum atomic E-state index is 0.327. The molecule has 0 fully saturated rings. The Labute approximate surface area is 87.5 Å².